The van der Waals surface area contributed by atoms with Crippen molar-refractivity contribution in [3.8, 4) is 0 Å². The summed E-state index contributed by atoms with van der Waals surface area (Å²) in [6.07, 6.45) is 7.43. The predicted molar refractivity (Wildman–Crippen MR) is 249 cm³/mol. The quantitative estimate of drug-likeness (QED) is 0.126. The van der Waals surface area contributed by atoms with Crippen LogP contribution in [0.25, 0.3) is 22.1 Å². The van der Waals surface area contributed by atoms with Gasteiger partial charge in [-0.25, -0.2) is 28.7 Å². The van der Waals surface area contributed by atoms with Crippen LogP contribution in [0.1, 0.15) is 81.0 Å². The zero-order valence-corrected chi connectivity index (χ0v) is 37.8. The number of nitrogens with zero attached hydrogens (tertiary/aromatic N) is 7. The second kappa shape index (κ2) is 20.3. The molecule has 0 radical (unpaired) electrons. The molecular formula is C46H51BrF2N12O4. The van der Waals surface area contributed by atoms with E-state index in [1.807, 2.05) is 12.1 Å². The average Bonchev–Trinajstić information content (AvgIpc) is 4.30. The Morgan fingerprint density at radius 1 is 0.662 bits per heavy atom. The van der Waals surface area contributed by atoms with Crippen molar-refractivity contribution in [2.24, 2.45) is 0 Å². The number of aromatic amines is 2. The summed E-state index contributed by atoms with van der Waals surface area (Å²) in [7, 11) is 3.18. The van der Waals surface area contributed by atoms with Gasteiger partial charge in [0.15, 0.2) is 11.6 Å². The molecule has 2 saturated heterocycles. The van der Waals surface area contributed by atoms with Crippen molar-refractivity contribution in [2.75, 3.05) is 76.3 Å². The topological polar surface area (TPSA) is 197 Å². The Kier molecular flexibility index (Phi) is 14.2. The molecule has 6 heterocycles. The van der Waals surface area contributed by atoms with Crippen molar-refractivity contribution >= 4 is 61.2 Å². The molecule has 2 saturated carbocycles. The Bertz CT molecular complexity index is 2790. The van der Waals surface area contributed by atoms with E-state index < -0.39 is 11.6 Å². The van der Waals surface area contributed by atoms with Gasteiger partial charge in [0.25, 0.3) is 22.9 Å². The lowest BCUT2D eigenvalue weighted by atomic mass is 10.1. The number of hydrogen-bond acceptors (Lipinski definition) is 12. The Balaban J connectivity index is 0.000000147. The summed E-state index contributed by atoms with van der Waals surface area (Å²) >= 11 is 3.21. The number of nitrogens with one attached hydrogen (secondary N) is 5. The highest BCUT2D eigenvalue weighted by Gasteiger charge is 2.30. The Hall–Kier alpha value is -6.18. The number of carbonyl (C=O) groups excluding carboxylic acids is 2. The third kappa shape index (κ3) is 10.7. The van der Waals surface area contributed by atoms with Crippen molar-refractivity contribution in [1.82, 2.24) is 50.8 Å². The van der Waals surface area contributed by atoms with E-state index in [4.69, 9.17) is 0 Å². The number of carbonyl (C=O) groups is 2. The van der Waals surface area contributed by atoms with E-state index in [0.717, 1.165) is 89.4 Å². The summed E-state index contributed by atoms with van der Waals surface area (Å²) < 4.78 is 29.1. The summed E-state index contributed by atoms with van der Waals surface area (Å²) in [6.45, 7) is 7.53. The first-order chi connectivity index (χ1) is 31.5. The third-order valence-electron chi connectivity index (χ3n) is 11.9. The number of halogens is 3. The van der Waals surface area contributed by atoms with Crippen LogP contribution in [0.3, 0.4) is 0 Å². The van der Waals surface area contributed by atoms with Gasteiger partial charge in [-0.1, -0.05) is 28.1 Å². The number of hydrogen-bond donors (Lipinski definition) is 5. The van der Waals surface area contributed by atoms with E-state index in [0.29, 0.717) is 56.8 Å². The minimum absolute atomic E-state index is 0.146. The van der Waals surface area contributed by atoms with Gasteiger partial charge < -0.3 is 35.7 Å². The van der Waals surface area contributed by atoms with Crippen LogP contribution in [0.4, 0.5) is 20.2 Å². The molecule has 0 atom stereocenters. The predicted octanol–water partition coefficient (Wildman–Crippen LogP) is 4.70. The number of anilines is 2. The Morgan fingerprint density at radius 2 is 1.12 bits per heavy atom. The minimum atomic E-state index is -0.397. The van der Waals surface area contributed by atoms with E-state index in [1.54, 1.807) is 62.9 Å². The van der Waals surface area contributed by atoms with Crippen LogP contribution in [0.15, 0.2) is 70.5 Å². The van der Waals surface area contributed by atoms with Gasteiger partial charge in [-0.15, -0.1) is 0 Å². The average molecular weight is 954 g/mol. The molecule has 0 spiro atoms. The van der Waals surface area contributed by atoms with Gasteiger partial charge in [-0.05, 0) is 62.1 Å². The number of alkyl halides is 1. The molecule has 2 amide bonds. The molecule has 0 unspecified atom stereocenters. The number of H-pyrrole nitrogens is 2. The maximum atomic E-state index is 15.1. The molecule has 16 nitrogen and oxygen atoms in total. The summed E-state index contributed by atoms with van der Waals surface area (Å²) in [5.41, 5.74) is 5.92. The molecule has 2 aliphatic heterocycles. The number of benzene rings is 2. The summed E-state index contributed by atoms with van der Waals surface area (Å²) in [4.78, 5) is 76.1. The molecule has 4 aliphatic rings. The van der Waals surface area contributed by atoms with E-state index >= 15 is 4.39 Å². The lowest BCUT2D eigenvalue weighted by molar-refractivity contribution is 0.0950. The number of rotatable bonds is 9. The van der Waals surface area contributed by atoms with Gasteiger partial charge in [0, 0.05) is 101 Å². The molecule has 10 rings (SSSR count). The van der Waals surface area contributed by atoms with Gasteiger partial charge in [0.1, 0.15) is 33.8 Å². The smallest absolute Gasteiger partial charge is 0.270 e. The van der Waals surface area contributed by atoms with E-state index in [9.17, 15) is 23.6 Å². The molecule has 2 aliphatic carbocycles. The van der Waals surface area contributed by atoms with Crippen molar-refractivity contribution in [1.29, 1.82) is 0 Å². The number of piperazine rings is 2. The molecule has 340 valence electrons. The van der Waals surface area contributed by atoms with Gasteiger partial charge in [0.05, 0.1) is 34.8 Å². The first-order valence-electron chi connectivity index (χ1n) is 21.8. The number of aromatic nitrogens is 6. The Morgan fingerprint density at radius 3 is 1.55 bits per heavy atom. The number of pyridine rings is 2. The molecule has 65 heavy (non-hydrogen) atoms. The van der Waals surface area contributed by atoms with E-state index in [-0.39, 0.29) is 45.8 Å². The maximum Gasteiger partial charge on any atom is 0.270 e. The minimum Gasteiger partial charge on any atom is -0.368 e. The zero-order chi connectivity index (χ0) is 45.6. The standard InChI is InChI=1S/C23H25FN6O2.C12H10BrFN2O.C11H16N4O/c1-25-22(31)18-7-5-16(12-26-18)30-10-8-29(9-11-30)13-15-4-6-17-21(19(15)24)28-23(32)20(27-17)14-2-3-14;13-5-7-3-4-8-11(9(7)14)16-12(17)10(15-8)6-1-2-6;1-12-11(16)10-3-2-9(8-14-10)15-6-4-13-5-7-15/h4-7,12,14H,2-3,8-11,13H2,1H3,(H,25,31)(H,28,32);3-4,6H,1-2,5H2,(H,16,17);2-3,8,13H,4-7H2,1H3,(H,12,16). The monoisotopic (exact) mass is 952 g/mol. The van der Waals surface area contributed by atoms with Gasteiger partial charge in [-0.2, -0.15) is 0 Å². The lowest BCUT2D eigenvalue weighted by Gasteiger charge is -2.36. The highest BCUT2D eigenvalue weighted by atomic mass is 79.9. The summed E-state index contributed by atoms with van der Waals surface area (Å²) in [6, 6.07) is 14.3. The largest absolute Gasteiger partial charge is 0.368 e. The van der Waals surface area contributed by atoms with Crippen molar-refractivity contribution < 1.29 is 18.4 Å². The zero-order valence-electron chi connectivity index (χ0n) is 36.2. The fraction of sp³-hybridized carbons (Fsp3) is 0.391. The fourth-order valence-corrected chi connectivity index (χ4v) is 8.28. The van der Waals surface area contributed by atoms with Crippen molar-refractivity contribution in [3.05, 3.63) is 127 Å². The second-order valence-electron chi connectivity index (χ2n) is 16.4. The van der Waals surface area contributed by atoms with Gasteiger partial charge >= 0.3 is 0 Å². The highest BCUT2D eigenvalue weighted by molar-refractivity contribution is 9.08. The van der Waals surface area contributed by atoms with Gasteiger partial charge in [-0.3, -0.25) is 24.1 Å². The summed E-state index contributed by atoms with van der Waals surface area (Å²) in [5, 5.41) is 8.83. The van der Waals surface area contributed by atoms with Crippen LogP contribution in [-0.4, -0.2) is 113 Å². The molecule has 19 heteroatoms. The van der Waals surface area contributed by atoms with Crippen LogP contribution in [-0.2, 0) is 11.9 Å². The van der Waals surface area contributed by atoms with Crippen LogP contribution in [0.2, 0.25) is 0 Å². The van der Waals surface area contributed by atoms with Crippen LogP contribution in [0.5, 0.6) is 0 Å². The SMILES string of the molecule is CNC(=O)c1ccc(N2CCN(Cc3ccc4nc(C5CC5)c(=O)[nH]c4c3F)CC2)cn1.CNC(=O)c1ccc(N2CCNCC2)cn1.O=c1[nH]c2c(F)c(CBr)ccc2nc1C1CC1. The van der Waals surface area contributed by atoms with E-state index in [2.05, 4.69) is 76.5 Å². The first-order valence-corrected chi connectivity index (χ1v) is 22.9. The highest BCUT2D eigenvalue weighted by Crippen LogP contribution is 2.38. The maximum absolute atomic E-state index is 15.1. The summed E-state index contributed by atoms with van der Waals surface area (Å²) in [5.74, 6) is -0.664. The first kappa shape index (κ1) is 45.4. The third-order valence-corrected chi connectivity index (χ3v) is 12.5. The van der Waals surface area contributed by atoms with Crippen LogP contribution < -0.4 is 36.9 Å². The fourth-order valence-electron chi connectivity index (χ4n) is 7.85. The molecular weight excluding hydrogens is 902 g/mol. The van der Waals surface area contributed by atoms with Crippen molar-refractivity contribution in [3.63, 3.8) is 0 Å². The molecule has 4 aromatic heterocycles. The molecule has 2 aromatic carbocycles. The lowest BCUT2D eigenvalue weighted by Crippen LogP contribution is -2.46. The molecule has 6 aromatic rings. The van der Waals surface area contributed by atoms with Gasteiger partial charge in [0.2, 0.25) is 0 Å². The van der Waals surface area contributed by atoms with E-state index in [1.165, 1.54) is 0 Å². The molecule has 5 N–H and O–H groups in total. The van der Waals surface area contributed by atoms with Crippen LogP contribution in [0, 0.1) is 11.6 Å². The normalized spacial score (nSPS) is 16.3. The molecule has 0 bridgehead atoms. The van der Waals surface area contributed by atoms with Crippen LogP contribution >= 0.6 is 15.9 Å². The number of fused-ring (bicyclic) bond motifs is 2. The second-order valence-corrected chi connectivity index (χ2v) is 17.0. The van der Waals surface area contributed by atoms with Crippen molar-refractivity contribution in [2.45, 2.75) is 49.4 Å². The molecule has 4 fully saturated rings. The Labute approximate surface area is 381 Å². The number of amides is 2.